The number of alkyl halides is 2. The quantitative estimate of drug-likeness (QED) is 0.645. The van der Waals surface area contributed by atoms with Crippen molar-refractivity contribution < 1.29 is 13.5 Å². The monoisotopic (exact) mass is 181 g/mol. The number of hydrogen-bond donors (Lipinski definition) is 1. The number of ether oxygens (including phenoxy) is 1. The summed E-state index contributed by atoms with van der Waals surface area (Å²) in [5.74, 6) is 0. The Morgan fingerprint density at radius 3 is 2.50 bits per heavy atom. The number of rotatable bonds is 7. The Labute approximate surface area is 72.3 Å². The van der Waals surface area contributed by atoms with Crippen LogP contribution in [0.5, 0.6) is 0 Å². The average molecular weight is 181 g/mol. The van der Waals surface area contributed by atoms with Gasteiger partial charge in [-0.15, -0.1) is 0 Å². The van der Waals surface area contributed by atoms with Crippen LogP contribution in [0.3, 0.4) is 0 Å². The fraction of sp³-hybridized carbons (Fsp3) is 1.00. The Bertz CT molecular complexity index is 101. The Morgan fingerprint density at radius 2 is 2.00 bits per heavy atom. The summed E-state index contributed by atoms with van der Waals surface area (Å²) in [5, 5.41) is 3.14. The Kier molecular flexibility index (Phi) is 7.29. The minimum absolute atomic E-state index is 0.156. The number of hydrogen-bond acceptors (Lipinski definition) is 2. The van der Waals surface area contributed by atoms with Crippen molar-refractivity contribution >= 4 is 0 Å². The molecular weight excluding hydrogens is 164 g/mol. The first kappa shape index (κ1) is 11.8. The summed E-state index contributed by atoms with van der Waals surface area (Å²) in [7, 11) is 0. The molecule has 0 aliphatic rings. The summed E-state index contributed by atoms with van der Waals surface area (Å²) >= 11 is 0. The fourth-order valence-corrected chi connectivity index (χ4v) is 0.784. The normalized spacial score (nSPS) is 13.8. The second-order valence-electron chi connectivity index (χ2n) is 2.78. The highest BCUT2D eigenvalue weighted by atomic mass is 19.3. The van der Waals surface area contributed by atoms with Gasteiger partial charge in [-0.3, -0.25) is 0 Å². The van der Waals surface area contributed by atoms with Crippen molar-refractivity contribution in [3.05, 3.63) is 0 Å². The Balaban J connectivity index is 3.13. The molecule has 0 aliphatic heterocycles. The van der Waals surface area contributed by atoms with Crippen LogP contribution < -0.4 is 5.32 Å². The molecule has 74 valence electrons. The molecule has 0 saturated heterocycles. The van der Waals surface area contributed by atoms with E-state index in [-0.39, 0.29) is 6.04 Å². The maximum Gasteiger partial charge on any atom is 0.261 e. The first-order valence-electron chi connectivity index (χ1n) is 4.26. The van der Waals surface area contributed by atoms with Gasteiger partial charge in [-0.2, -0.15) is 0 Å². The zero-order valence-corrected chi connectivity index (χ0v) is 7.65. The molecular formula is C8H17F2NO. The second kappa shape index (κ2) is 7.43. The SMILES string of the molecule is CCCNC(C)COCC(F)F. The van der Waals surface area contributed by atoms with Gasteiger partial charge in [-0.25, -0.2) is 8.78 Å². The van der Waals surface area contributed by atoms with Crippen LogP contribution in [0, 0.1) is 0 Å². The van der Waals surface area contributed by atoms with E-state index in [1.165, 1.54) is 0 Å². The zero-order valence-electron chi connectivity index (χ0n) is 7.65. The van der Waals surface area contributed by atoms with Gasteiger partial charge in [0, 0.05) is 6.04 Å². The van der Waals surface area contributed by atoms with Gasteiger partial charge in [-0.1, -0.05) is 6.92 Å². The lowest BCUT2D eigenvalue weighted by molar-refractivity contribution is 0.0111. The van der Waals surface area contributed by atoms with Gasteiger partial charge < -0.3 is 10.1 Å². The summed E-state index contributed by atoms with van der Waals surface area (Å²) in [6.45, 7) is 4.77. The molecule has 12 heavy (non-hydrogen) atoms. The summed E-state index contributed by atoms with van der Waals surface area (Å²) in [6, 6.07) is 0.156. The first-order chi connectivity index (χ1) is 5.66. The van der Waals surface area contributed by atoms with Gasteiger partial charge in [0.2, 0.25) is 0 Å². The highest BCUT2D eigenvalue weighted by Gasteiger charge is 2.04. The molecule has 0 spiro atoms. The van der Waals surface area contributed by atoms with Crippen LogP contribution in [-0.2, 0) is 4.74 Å². The van der Waals surface area contributed by atoms with Crippen LogP contribution >= 0.6 is 0 Å². The van der Waals surface area contributed by atoms with Crippen molar-refractivity contribution in [1.29, 1.82) is 0 Å². The van der Waals surface area contributed by atoms with Crippen molar-refractivity contribution in [2.75, 3.05) is 19.8 Å². The van der Waals surface area contributed by atoms with E-state index in [2.05, 4.69) is 12.2 Å². The molecule has 0 fully saturated rings. The van der Waals surface area contributed by atoms with E-state index >= 15 is 0 Å². The maximum atomic E-state index is 11.6. The summed E-state index contributed by atoms with van der Waals surface area (Å²) in [6.07, 6.45) is -1.32. The molecule has 0 aromatic rings. The average Bonchev–Trinajstić information content (AvgIpc) is 2.00. The van der Waals surface area contributed by atoms with Crippen LogP contribution in [0.4, 0.5) is 8.78 Å². The minimum Gasteiger partial charge on any atom is -0.374 e. The summed E-state index contributed by atoms with van der Waals surface area (Å²) in [4.78, 5) is 0. The second-order valence-corrected chi connectivity index (χ2v) is 2.78. The fourth-order valence-electron chi connectivity index (χ4n) is 0.784. The van der Waals surface area contributed by atoms with E-state index in [9.17, 15) is 8.78 Å². The van der Waals surface area contributed by atoms with E-state index in [4.69, 9.17) is 4.74 Å². The van der Waals surface area contributed by atoms with E-state index in [1.807, 2.05) is 6.92 Å². The van der Waals surface area contributed by atoms with E-state index < -0.39 is 13.0 Å². The van der Waals surface area contributed by atoms with Gasteiger partial charge in [0.1, 0.15) is 6.61 Å². The zero-order chi connectivity index (χ0) is 9.40. The molecule has 0 aromatic heterocycles. The molecule has 0 heterocycles. The van der Waals surface area contributed by atoms with Crippen LogP contribution in [0.2, 0.25) is 0 Å². The molecule has 4 heteroatoms. The third-order valence-corrected chi connectivity index (χ3v) is 1.35. The van der Waals surface area contributed by atoms with Crippen molar-refractivity contribution in [3.63, 3.8) is 0 Å². The Morgan fingerprint density at radius 1 is 1.33 bits per heavy atom. The highest BCUT2D eigenvalue weighted by Crippen LogP contribution is 1.93. The first-order valence-corrected chi connectivity index (χ1v) is 4.26. The number of nitrogens with one attached hydrogen (secondary N) is 1. The molecule has 0 amide bonds. The van der Waals surface area contributed by atoms with Crippen LogP contribution in [-0.4, -0.2) is 32.2 Å². The molecule has 1 unspecified atom stereocenters. The van der Waals surface area contributed by atoms with E-state index in [0.29, 0.717) is 6.61 Å². The molecule has 0 aliphatic carbocycles. The predicted octanol–water partition coefficient (Wildman–Crippen LogP) is 1.66. The van der Waals surface area contributed by atoms with Crippen molar-refractivity contribution in [1.82, 2.24) is 5.32 Å². The van der Waals surface area contributed by atoms with Crippen molar-refractivity contribution in [3.8, 4) is 0 Å². The van der Waals surface area contributed by atoms with Crippen molar-refractivity contribution in [2.45, 2.75) is 32.7 Å². The smallest absolute Gasteiger partial charge is 0.261 e. The van der Waals surface area contributed by atoms with Gasteiger partial charge in [0.15, 0.2) is 0 Å². The summed E-state index contributed by atoms with van der Waals surface area (Å²) in [5.41, 5.74) is 0. The van der Waals surface area contributed by atoms with E-state index in [0.717, 1.165) is 13.0 Å². The van der Waals surface area contributed by atoms with Gasteiger partial charge >= 0.3 is 0 Å². The lowest BCUT2D eigenvalue weighted by Gasteiger charge is -2.12. The van der Waals surface area contributed by atoms with Crippen LogP contribution in [0.1, 0.15) is 20.3 Å². The van der Waals surface area contributed by atoms with Gasteiger partial charge in [0.25, 0.3) is 6.43 Å². The standard InChI is InChI=1S/C8H17F2NO/c1-3-4-11-7(2)5-12-6-8(9)10/h7-8,11H,3-6H2,1-2H3. The molecule has 1 atom stereocenters. The summed E-state index contributed by atoms with van der Waals surface area (Å²) < 4.78 is 27.9. The topological polar surface area (TPSA) is 21.3 Å². The third kappa shape index (κ3) is 7.88. The number of halogens is 2. The maximum absolute atomic E-state index is 11.6. The molecule has 0 radical (unpaired) electrons. The predicted molar refractivity (Wildman–Crippen MR) is 44.6 cm³/mol. The minimum atomic E-state index is -2.36. The molecule has 2 nitrogen and oxygen atoms in total. The molecule has 0 rings (SSSR count). The largest absolute Gasteiger partial charge is 0.374 e. The van der Waals surface area contributed by atoms with Gasteiger partial charge in [0.05, 0.1) is 6.61 Å². The van der Waals surface area contributed by atoms with Crippen LogP contribution in [0.15, 0.2) is 0 Å². The highest BCUT2D eigenvalue weighted by molar-refractivity contribution is 4.57. The lowest BCUT2D eigenvalue weighted by atomic mass is 10.3. The Hall–Kier alpha value is -0.220. The van der Waals surface area contributed by atoms with Crippen molar-refractivity contribution in [2.24, 2.45) is 0 Å². The third-order valence-electron chi connectivity index (χ3n) is 1.35. The molecule has 1 N–H and O–H groups in total. The van der Waals surface area contributed by atoms with Crippen LogP contribution in [0.25, 0.3) is 0 Å². The van der Waals surface area contributed by atoms with Gasteiger partial charge in [-0.05, 0) is 19.9 Å². The molecule has 0 aromatic carbocycles. The lowest BCUT2D eigenvalue weighted by Crippen LogP contribution is -2.31. The molecule has 0 saturated carbocycles. The van der Waals surface area contributed by atoms with E-state index in [1.54, 1.807) is 0 Å². The molecule has 0 bridgehead atoms.